The Balaban J connectivity index is 1.28. The van der Waals surface area contributed by atoms with Crippen LogP contribution in [0.3, 0.4) is 0 Å². The minimum atomic E-state index is -2.92. The van der Waals surface area contributed by atoms with Crippen molar-refractivity contribution in [2.24, 2.45) is 11.8 Å². The van der Waals surface area contributed by atoms with Crippen molar-refractivity contribution in [3.8, 4) is 5.75 Å². The van der Waals surface area contributed by atoms with E-state index in [9.17, 15) is 13.8 Å². The van der Waals surface area contributed by atoms with Crippen molar-refractivity contribution in [3.05, 3.63) is 70.3 Å². The lowest BCUT2D eigenvalue weighted by molar-refractivity contribution is -0.152. The fraction of sp³-hybridized carbons (Fsp3) is 0.528. The molecule has 46 heavy (non-hydrogen) atoms. The van der Waals surface area contributed by atoms with Crippen LogP contribution in [0.2, 0.25) is 5.02 Å². The van der Waals surface area contributed by atoms with Crippen LogP contribution in [-0.2, 0) is 35.8 Å². The molecule has 7 rings (SSSR count). The highest BCUT2D eigenvalue weighted by atomic mass is 35.5. The van der Waals surface area contributed by atoms with E-state index in [4.69, 9.17) is 25.8 Å². The molecule has 2 bridgehead atoms. The molecule has 0 aromatic heterocycles. The van der Waals surface area contributed by atoms with Crippen LogP contribution in [0.1, 0.15) is 73.4 Å². The Kier molecular flexibility index (Phi) is 8.61. The van der Waals surface area contributed by atoms with Crippen molar-refractivity contribution in [2.45, 2.75) is 81.2 Å². The second kappa shape index (κ2) is 12.5. The summed E-state index contributed by atoms with van der Waals surface area (Å²) in [7, 11) is -2.92. The zero-order valence-corrected chi connectivity index (χ0v) is 28.0. The van der Waals surface area contributed by atoms with Crippen molar-refractivity contribution in [1.82, 2.24) is 4.72 Å². The number of rotatable bonds is 2. The molecule has 3 aliphatic heterocycles. The van der Waals surface area contributed by atoms with Gasteiger partial charge in [0, 0.05) is 40.8 Å². The third kappa shape index (κ3) is 6.06. The largest absolute Gasteiger partial charge is 0.490 e. The quantitative estimate of drug-likeness (QED) is 0.252. The summed E-state index contributed by atoms with van der Waals surface area (Å²) < 4.78 is 34.7. The Morgan fingerprint density at radius 2 is 1.98 bits per heavy atom. The van der Waals surface area contributed by atoms with Gasteiger partial charge in [0.05, 0.1) is 34.7 Å². The van der Waals surface area contributed by atoms with Crippen LogP contribution in [0.5, 0.6) is 5.75 Å². The molecule has 2 aromatic carbocycles. The second-order valence-corrected chi connectivity index (χ2v) is 16.7. The smallest absolute Gasteiger partial charge is 0.335 e. The second-order valence-electron chi connectivity index (χ2n) is 13.8. The van der Waals surface area contributed by atoms with Gasteiger partial charge in [-0.15, -0.1) is 0 Å². The van der Waals surface area contributed by atoms with Crippen LogP contribution >= 0.6 is 11.6 Å². The maximum absolute atomic E-state index is 13.6. The number of carbonyl (C=O) groups excluding carboxylic acids is 2. The van der Waals surface area contributed by atoms with E-state index in [1.807, 2.05) is 25.1 Å². The zero-order valence-electron chi connectivity index (χ0n) is 26.4. The van der Waals surface area contributed by atoms with E-state index in [1.54, 1.807) is 6.07 Å². The number of esters is 1. The number of amides is 1. The van der Waals surface area contributed by atoms with Gasteiger partial charge >= 0.3 is 5.97 Å². The van der Waals surface area contributed by atoms with E-state index >= 15 is 0 Å². The molecule has 8 nitrogen and oxygen atoms in total. The number of nitrogens with zero attached hydrogens (tertiary/aromatic N) is 1. The first kappa shape index (κ1) is 31.6. The molecule has 1 amide bonds. The van der Waals surface area contributed by atoms with Crippen molar-refractivity contribution in [3.63, 3.8) is 0 Å². The van der Waals surface area contributed by atoms with E-state index in [1.165, 1.54) is 11.1 Å². The maximum Gasteiger partial charge on any atom is 0.335 e. The third-order valence-electron chi connectivity index (χ3n) is 10.8. The normalized spacial score (nSPS) is 35.1. The average molecular weight is 667 g/mol. The van der Waals surface area contributed by atoms with Gasteiger partial charge in [0.15, 0.2) is 6.10 Å². The number of hydrogen-bond acceptors (Lipinski definition) is 7. The van der Waals surface area contributed by atoms with Gasteiger partial charge in [-0.1, -0.05) is 29.8 Å². The Bertz CT molecular complexity index is 1660. The number of benzene rings is 2. The molecule has 1 saturated heterocycles. The molecular formula is C36H43ClN2O6S. The number of fused-ring (bicyclic) bond motifs is 4. The first-order valence-corrected chi connectivity index (χ1v) is 18.8. The van der Waals surface area contributed by atoms with Crippen LogP contribution in [0.15, 0.2) is 48.6 Å². The van der Waals surface area contributed by atoms with Crippen molar-refractivity contribution in [2.75, 3.05) is 31.2 Å². The van der Waals surface area contributed by atoms with Crippen LogP contribution in [0.25, 0.3) is 0 Å². The highest BCUT2D eigenvalue weighted by Crippen LogP contribution is 2.47. The van der Waals surface area contributed by atoms with Gasteiger partial charge in [-0.25, -0.2) is 9.00 Å². The Morgan fingerprint density at radius 3 is 2.76 bits per heavy atom. The van der Waals surface area contributed by atoms with Crippen LogP contribution < -0.4 is 14.4 Å². The predicted molar refractivity (Wildman–Crippen MR) is 181 cm³/mol. The fourth-order valence-corrected chi connectivity index (χ4v) is 9.28. The summed E-state index contributed by atoms with van der Waals surface area (Å²) in [5.74, 6) is 4.52. The third-order valence-corrected chi connectivity index (χ3v) is 13.1. The molecule has 5 aliphatic rings. The van der Waals surface area contributed by atoms with E-state index in [-0.39, 0.29) is 28.7 Å². The molecule has 2 aliphatic carbocycles. The van der Waals surface area contributed by atoms with Crippen molar-refractivity contribution >= 4 is 44.7 Å². The minimum absolute atomic E-state index is 0.222. The predicted octanol–water partition coefficient (Wildman–Crippen LogP) is 5.64. The van der Waals surface area contributed by atoms with Crippen molar-refractivity contribution in [1.29, 1.82) is 0 Å². The number of allylic oxidation sites excluding steroid dienone is 1. The monoisotopic (exact) mass is 666 g/mol. The molecule has 1 saturated carbocycles. The van der Waals surface area contributed by atoms with E-state index in [0.29, 0.717) is 44.0 Å². The van der Waals surface area contributed by atoms with Gasteiger partial charge in [-0.05, 0) is 111 Å². The number of nitrogens with one attached hydrogen (secondary N) is 1. The van der Waals surface area contributed by atoms with Gasteiger partial charge < -0.3 is 19.1 Å². The topological polar surface area (TPSA) is 94.2 Å². The highest BCUT2D eigenvalue weighted by Gasteiger charge is 2.45. The molecule has 10 heteroatoms. The fourth-order valence-electron chi connectivity index (χ4n) is 7.94. The molecule has 1 spiro atoms. The molecule has 2 fully saturated rings. The molecule has 1 unspecified atom stereocenters. The lowest BCUT2D eigenvalue weighted by atomic mass is 9.68. The Labute approximate surface area is 276 Å². The van der Waals surface area contributed by atoms with Crippen LogP contribution in [0.4, 0.5) is 5.69 Å². The standard InChI is InChI=1S/C36H43ClN2O6S/c1-23-6-3-4-8-31(45-33-15-17-43-35(33)41)28-12-9-26(28)20-39-21-36(16-5-7-24-18-27(37)11-13-29(24)36)22-44-32-14-10-25(19-30(32)39)34(40)38-46(23,2)42/h4,8,10-11,13-14,18-19,23,26,28,31,33H,2-3,5-7,9,12,15-17,20-22H2,1H3,(H,38,40,42)/b8-4+/t23-,26+,28-,31+,33-,36+,46?/m1/s1. The number of anilines is 1. The van der Waals surface area contributed by atoms with Gasteiger partial charge in [0.25, 0.3) is 5.91 Å². The summed E-state index contributed by atoms with van der Waals surface area (Å²) in [5, 5.41) is 0.406. The van der Waals surface area contributed by atoms with Gasteiger partial charge in [-0.2, -0.15) is 0 Å². The highest BCUT2D eigenvalue weighted by molar-refractivity contribution is 7.99. The molecule has 7 atom stereocenters. The van der Waals surface area contributed by atoms with Gasteiger partial charge in [-0.3, -0.25) is 9.52 Å². The molecule has 0 radical (unpaired) electrons. The summed E-state index contributed by atoms with van der Waals surface area (Å²) in [5.41, 5.74) is 3.59. The zero-order chi connectivity index (χ0) is 32.1. The molecule has 1 N–H and O–H groups in total. The number of carbonyl (C=O) groups is 2. The summed E-state index contributed by atoms with van der Waals surface area (Å²) in [6, 6.07) is 11.7. The molecule has 246 valence electrons. The van der Waals surface area contributed by atoms with Gasteiger partial charge in [0.1, 0.15) is 5.75 Å². The molecular weight excluding hydrogens is 624 g/mol. The van der Waals surface area contributed by atoms with E-state index in [2.05, 4.69) is 39.8 Å². The van der Waals surface area contributed by atoms with E-state index < -0.39 is 21.7 Å². The average Bonchev–Trinajstić information content (AvgIpc) is 3.35. The van der Waals surface area contributed by atoms with Crippen LogP contribution in [0, 0.1) is 11.8 Å². The van der Waals surface area contributed by atoms with Crippen LogP contribution in [-0.4, -0.2) is 65.7 Å². The number of cyclic esters (lactones) is 1. The summed E-state index contributed by atoms with van der Waals surface area (Å²) in [6.07, 6.45) is 10.2. The summed E-state index contributed by atoms with van der Waals surface area (Å²) in [4.78, 5) is 28.4. The first-order chi connectivity index (χ1) is 22.1. The maximum atomic E-state index is 13.6. The van der Waals surface area contributed by atoms with Gasteiger partial charge in [0.2, 0.25) is 0 Å². The molecule has 3 heterocycles. The number of hydrogen-bond donors (Lipinski definition) is 1. The number of halogens is 1. The lowest BCUT2D eigenvalue weighted by Gasteiger charge is -2.46. The summed E-state index contributed by atoms with van der Waals surface area (Å²) >= 11 is 6.44. The lowest BCUT2D eigenvalue weighted by Crippen LogP contribution is -2.50. The number of ether oxygens (including phenoxy) is 3. The first-order valence-electron chi connectivity index (χ1n) is 16.6. The SMILES string of the molecule is C=S1(=O)NC(=O)c2ccc3c(c2)N(C[C@@H]2CC[C@H]2[C@@H](O[C@@H]2CCOC2=O)/C=C/CC[C@H]1C)C[C@@]1(CCCc2cc(Cl)ccc21)CO3. The summed E-state index contributed by atoms with van der Waals surface area (Å²) in [6.45, 7) is 4.24. The number of aryl methyl sites for hydroxylation is 1. The van der Waals surface area contributed by atoms with Crippen molar-refractivity contribution < 1.29 is 28.0 Å². The molecule has 2 aromatic rings. The van der Waals surface area contributed by atoms with E-state index in [0.717, 1.165) is 61.7 Å². The Morgan fingerprint density at radius 1 is 1.11 bits per heavy atom. The Hall–Kier alpha value is -3.01. The minimum Gasteiger partial charge on any atom is -0.490 e.